The van der Waals surface area contributed by atoms with Gasteiger partial charge in [-0.15, -0.1) is 0 Å². The zero-order chi connectivity index (χ0) is 21.3. The maximum absolute atomic E-state index is 12.0. The molecule has 0 bridgehead atoms. The Hall–Kier alpha value is -3.03. The lowest BCUT2D eigenvalue weighted by atomic mass is 9.98. The molecule has 3 N–H and O–H groups in total. The van der Waals surface area contributed by atoms with Gasteiger partial charge in [0.25, 0.3) is 0 Å². The molecule has 2 aliphatic rings. The summed E-state index contributed by atoms with van der Waals surface area (Å²) >= 11 is 0. The number of carbonyl (C=O) groups is 2. The molecule has 2 heterocycles. The summed E-state index contributed by atoms with van der Waals surface area (Å²) in [6, 6.07) is 8.09. The van der Waals surface area contributed by atoms with Crippen LogP contribution in [0.2, 0.25) is 0 Å². The summed E-state index contributed by atoms with van der Waals surface area (Å²) in [5.74, 6) is 1.18. The van der Waals surface area contributed by atoms with E-state index >= 15 is 0 Å². The van der Waals surface area contributed by atoms with Crippen molar-refractivity contribution in [1.82, 2.24) is 20.4 Å². The lowest BCUT2D eigenvalue weighted by molar-refractivity contribution is -0.130. The molecule has 0 radical (unpaired) electrons. The van der Waals surface area contributed by atoms with Crippen molar-refractivity contribution in [2.75, 3.05) is 12.4 Å². The lowest BCUT2D eigenvalue weighted by Crippen LogP contribution is -2.33. The standard InChI is InChI=1S/C22H29N5O3/c1-13(2)23-22(29)30-16-8-7-15(9-16)19-11-20(26-25-19)24-18-6-4-5-14-10-21(28)27(3)12-17(14)18/h4-6,11,13,15-16H,7-10,12H2,1-3H3,(H,23,29)(H2,24,25,26)/t15-,16+/m0/s1. The van der Waals surface area contributed by atoms with Crippen molar-refractivity contribution in [2.45, 2.75) is 64.1 Å². The van der Waals surface area contributed by atoms with Crippen LogP contribution in [0.15, 0.2) is 24.3 Å². The summed E-state index contributed by atoms with van der Waals surface area (Å²) in [6.07, 6.45) is 2.61. The van der Waals surface area contributed by atoms with Crippen LogP contribution in [-0.2, 0) is 22.5 Å². The summed E-state index contributed by atoms with van der Waals surface area (Å²) in [5.41, 5.74) is 4.22. The van der Waals surface area contributed by atoms with Crippen LogP contribution in [0.3, 0.4) is 0 Å². The number of nitrogens with zero attached hydrogens (tertiary/aromatic N) is 2. The fraction of sp³-hybridized carbons (Fsp3) is 0.500. The SMILES string of the molecule is CC(C)NC(=O)O[C@@H]1CC[C@H](c2cc(Nc3cccc4c3CN(C)C(=O)C4)n[nH]2)C1. The Balaban J connectivity index is 1.40. The highest BCUT2D eigenvalue weighted by molar-refractivity contribution is 5.82. The van der Waals surface area contributed by atoms with E-state index < -0.39 is 0 Å². The summed E-state index contributed by atoms with van der Waals surface area (Å²) < 4.78 is 5.53. The third-order valence-corrected chi connectivity index (χ3v) is 5.80. The lowest BCUT2D eigenvalue weighted by Gasteiger charge is -2.27. The van der Waals surface area contributed by atoms with Gasteiger partial charge in [0.05, 0.1) is 6.42 Å². The summed E-state index contributed by atoms with van der Waals surface area (Å²) in [4.78, 5) is 25.6. The van der Waals surface area contributed by atoms with Crippen molar-refractivity contribution < 1.29 is 14.3 Å². The van der Waals surface area contributed by atoms with Gasteiger partial charge in [0, 0.05) is 43.0 Å². The molecule has 1 aromatic carbocycles. The van der Waals surface area contributed by atoms with Gasteiger partial charge in [0.15, 0.2) is 5.82 Å². The highest BCUT2D eigenvalue weighted by Crippen LogP contribution is 2.36. The highest BCUT2D eigenvalue weighted by atomic mass is 16.6. The first-order valence-corrected chi connectivity index (χ1v) is 10.5. The summed E-state index contributed by atoms with van der Waals surface area (Å²) in [7, 11) is 1.83. The number of ether oxygens (including phenoxy) is 1. The Morgan fingerprint density at radius 2 is 2.17 bits per heavy atom. The van der Waals surface area contributed by atoms with Crippen molar-refractivity contribution in [3.63, 3.8) is 0 Å². The van der Waals surface area contributed by atoms with Gasteiger partial charge in [-0.05, 0) is 50.3 Å². The monoisotopic (exact) mass is 411 g/mol. The first kappa shape index (κ1) is 20.3. The van der Waals surface area contributed by atoms with Gasteiger partial charge in [-0.1, -0.05) is 12.1 Å². The van der Waals surface area contributed by atoms with Gasteiger partial charge in [-0.2, -0.15) is 5.10 Å². The maximum Gasteiger partial charge on any atom is 0.407 e. The third-order valence-electron chi connectivity index (χ3n) is 5.80. The molecule has 0 unspecified atom stereocenters. The summed E-state index contributed by atoms with van der Waals surface area (Å²) in [5, 5.41) is 13.7. The molecule has 0 spiro atoms. The van der Waals surface area contributed by atoms with E-state index in [2.05, 4.69) is 20.8 Å². The average Bonchev–Trinajstić information content (AvgIpc) is 3.32. The number of hydrogen-bond acceptors (Lipinski definition) is 5. The second-order valence-electron chi connectivity index (χ2n) is 8.54. The Kier molecular flexibility index (Phi) is 5.65. The van der Waals surface area contributed by atoms with Crippen molar-refractivity contribution in [3.8, 4) is 0 Å². The Morgan fingerprint density at radius 1 is 1.33 bits per heavy atom. The molecule has 4 rings (SSSR count). The number of carbonyl (C=O) groups excluding carboxylic acids is 2. The minimum absolute atomic E-state index is 0.0670. The molecule has 2 aromatic rings. The summed E-state index contributed by atoms with van der Waals surface area (Å²) in [6.45, 7) is 4.42. The molecule has 1 aromatic heterocycles. The number of anilines is 2. The van der Waals surface area contributed by atoms with Gasteiger partial charge in [-0.25, -0.2) is 4.79 Å². The molecule has 8 heteroatoms. The van der Waals surface area contributed by atoms with E-state index in [0.29, 0.717) is 18.9 Å². The van der Waals surface area contributed by atoms with Crippen LogP contribution >= 0.6 is 0 Å². The molecule has 2 amide bonds. The Bertz CT molecular complexity index is 939. The van der Waals surface area contributed by atoms with Crippen molar-refractivity contribution in [2.24, 2.45) is 0 Å². The Morgan fingerprint density at radius 3 is 2.97 bits per heavy atom. The number of likely N-dealkylation sites (N-methyl/N-ethyl adjacent to an activating group) is 1. The topological polar surface area (TPSA) is 99.3 Å². The van der Waals surface area contributed by atoms with Gasteiger partial charge in [0.1, 0.15) is 6.10 Å². The zero-order valence-corrected chi connectivity index (χ0v) is 17.7. The van der Waals surface area contributed by atoms with E-state index in [-0.39, 0.29) is 24.1 Å². The third kappa shape index (κ3) is 4.42. The number of H-pyrrole nitrogens is 1. The number of hydrogen-bond donors (Lipinski definition) is 3. The van der Waals surface area contributed by atoms with Gasteiger partial charge in [0.2, 0.25) is 5.91 Å². The second kappa shape index (κ2) is 8.38. The predicted molar refractivity (Wildman–Crippen MR) is 114 cm³/mol. The molecule has 0 saturated heterocycles. The molecular weight excluding hydrogens is 382 g/mol. The smallest absolute Gasteiger partial charge is 0.407 e. The van der Waals surface area contributed by atoms with Crippen LogP contribution in [0.1, 0.15) is 55.8 Å². The van der Waals surface area contributed by atoms with Crippen LogP contribution in [-0.4, -0.2) is 46.3 Å². The van der Waals surface area contributed by atoms with Crippen LogP contribution in [0.4, 0.5) is 16.3 Å². The van der Waals surface area contributed by atoms with E-state index in [9.17, 15) is 9.59 Å². The molecule has 1 aliphatic carbocycles. The van der Waals surface area contributed by atoms with Crippen molar-refractivity contribution >= 4 is 23.5 Å². The molecule has 8 nitrogen and oxygen atoms in total. The van der Waals surface area contributed by atoms with Crippen LogP contribution in [0, 0.1) is 0 Å². The molecule has 160 valence electrons. The van der Waals surface area contributed by atoms with Gasteiger partial charge in [-0.3, -0.25) is 9.89 Å². The molecule has 1 aliphatic heterocycles. The number of benzene rings is 1. The molecule has 30 heavy (non-hydrogen) atoms. The molecular formula is C22H29N5O3. The molecule has 2 atom stereocenters. The predicted octanol–water partition coefficient (Wildman–Crippen LogP) is 3.44. The van der Waals surface area contributed by atoms with Crippen molar-refractivity contribution in [1.29, 1.82) is 0 Å². The number of rotatable bonds is 5. The first-order chi connectivity index (χ1) is 14.4. The minimum Gasteiger partial charge on any atom is -0.446 e. The quantitative estimate of drug-likeness (QED) is 0.700. The van der Waals surface area contributed by atoms with Gasteiger partial charge < -0.3 is 20.3 Å². The zero-order valence-electron chi connectivity index (χ0n) is 17.7. The van der Waals surface area contributed by atoms with E-state index in [4.69, 9.17) is 4.74 Å². The largest absolute Gasteiger partial charge is 0.446 e. The van der Waals surface area contributed by atoms with E-state index in [1.165, 1.54) is 0 Å². The van der Waals surface area contributed by atoms with Crippen LogP contribution in [0.5, 0.6) is 0 Å². The molecule has 1 saturated carbocycles. The van der Waals surface area contributed by atoms with E-state index in [0.717, 1.165) is 47.6 Å². The number of amides is 2. The Labute approximate surface area is 176 Å². The molecule has 1 fully saturated rings. The van der Waals surface area contributed by atoms with Crippen LogP contribution < -0.4 is 10.6 Å². The first-order valence-electron chi connectivity index (χ1n) is 10.5. The second-order valence-corrected chi connectivity index (χ2v) is 8.54. The number of aromatic nitrogens is 2. The average molecular weight is 412 g/mol. The number of fused-ring (bicyclic) bond motifs is 1. The fourth-order valence-corrected chi connectivity index (χ4v) is 4.23. The fourth-order valence-electron chi connectivity index (χ4n) is 4.23. The normalized spacial score (nSPS) is 20.9. The van der Waals surface area contributed by atoms with Crippen LogP contribution in [0.25, 0.3) is 0 Å². The van der Waals surface area contributed by atoms with Gasteiger partial charge >= 0.3 is 6.09 Å². The number of aromatic amines is 1. The van der Waals surface area contributed by atoms with E-state index in [1.807, 2.05) is 45.2 Å². The van der Waals surface area contributed by atoms with Crippen molar-refractivity contribution in [3.05, 3.63) is 41.1 Å². The number of nitrogens with one attached hydrogen (secondary N) is 3. The maximum atomic E-state index is 12.0. The highest BCUT2D eigenvalue weighted by Gasteiger charge is 2.30. The van der Waals surface area contributed by atoms with E-state index in [1.54, 1.807) is 4.90 Å². The number of alkyl carbamates (subject to hydrolysis) is 1. The minimum atomic E-state index is -0.347.